The van der Waals surface area contributed by atoms with E-state index in [4.69, 9.17) is 11.6 Å². The largest absolute Gasteiger partial charge is 0.378 e. The van der Waals surface area contributed by atoms with Crippen LogP contribution in [0.25, 0.3) is 0 Å². The first-order chi connectivity index (χ1) is 14.0. The minimum atomic E-state index is -0.123. The molecular weight excluding hydrogens is 378 g/mol. The third-order valence-corrected chi connectivity index (χ3v) is 5.40. The second-order valence-corrected chi connectivity index (χ2v) is 7.98. The van der Waals surface area contributed by atoms with Gasteiger partial charge in [0.05, 0.1) is 6.04 Å². The number of unbranched alkanes of at least 4 members (excludes halogenated alkanes) is 1. The van der Waals surface area contributed by atoms with E-state index in [0.717, 1.165) is 28.8 Å². The molecule has 0 aromatic heterocycles. The molecule has 0 spiro atoms. The molecular formula is C26H28ClNO. The van der Waals surface area contributed by atoms with Crippen molar-refractivity contribution < 1.29 is 4.79 Å². The van der Waals surface area contributed by atoms with Crippen molar-refractivity contribution in [3.8, 4) is 0 Å². The number of ketones is 1. The molecule has 0 aliphatic heterocycles. The molecule has 3 rings (SSSR count). The topological polar surface area (TPSA) is 29.1 Å². The van der Waals surface area contributed by atoms with E-state index in [0.29, 0.717) is 11.4 Å². The van der Waals surface area contributed by atoms with Gasteiger partial charge in [-0.2, -0.15) is 0 Å². The molecule has 0 amide bonds. The highest BCUT2D eigenvalue weighted by Crippen LogP contribution is 2.26. The van der Waals surface area contributed by atoms with Crippen molar-refractivity contribution in [2.75, 3.05) is 5.32 Å². The van der Waals surface area contributed by atoms with Gasteiger partial charge in [-0.3, -0.25) is 4.79 Å². The molecule has 0 fully saturated rings. The van der Waals surface area contributed by atoms with Gasteiger partial charge in [0.25, 0.3) is 0 Å². The number of halogens is 1. The van der Waals surface area contributed by atoms with Crippen LogP contribution in [0.5, 0.6) is 0 Å². The maximum Gasteiger partial charge on any atom is 0.165 e. The lowest BCUT2D eigenvalue weighted by molar-refractivity contribution is 0.0976. The van der Waals surface area contributed by atoms with Crippen molar-refractivity contribution in [1.29, 1.82) is 0 Å². The zero-order valence-corrected chi connectivity index (χ0v) is 17.9. The van der Waals surface area contributed by atoms with Crippen LogP contribution in [0.15, 0.2) is 72.8 Å². The molecule has 1 N–H and O–H groups in total. The van der Waals surface area contributed by atoms with Crippen molar-refractivity contribution in [1.82, 2.24) is 0 Å². The minimum Gasteiger partial charge on any atom is -0.378 e. The number of nitrogens with one attached hydrogen (secondary N) is 1. The van der Waals surface area contributed by atoms with Gasteiger partial charge in [-0.15, -0.1) is 0 Å². The van der Waals surface area contributed by atoms with E-state index in [1.807, 2.05) is 55.5 Å². The van der Waals surface area contributed by atoms with E-state index in [2.05, 4.69) is 36.5 Å². The number of carbonyl (C=O) groups is 1. The van der Waals surface area contributed by atoms with E-state index >= 15 is 0 Å². The van der Waals surface area contributed by atoms with Crippen molar-refractivity contribution in [3.63, 3.8) is 0 Å². The summed E-state index contributed by atoms with van der Waals surface area (Å²) in [4.78, 5) is 12.9. The predicted octanol–water partition coefficient (Wildman–Crippen LogP) is 7.42. The Morgan fingerprint density at radius 3 is 2.21 bits per heavy atom. The minimum absolute atomic E-state index is 0.122. The third kappa shape index (κ3) is 6.20. The number of hydrogen-bond donors (Lipinski definition) is 1. The second-order valence-electron chi connectivity index (χ2n) is 7.54. The molecule has 0 bridgehead atoms. The number of rotatable bonds is 9. The highest BCUT2D eigenvalue weighted by atomic mass is 35.5. The standard InChI is InChI=1S/C26H28ClNO/c1-3-4-5-20-8-16-24(17-9-20)28-25(21-12-14-23(27)15-13-21)18-26(29)22-10-6-19(2)7-11-22/h6-17,25,28H,3-5,18H2,1-2H3. The average Bonchev–Trinajstić information content (AvgIpc) is 2.74. The molecule has 150 valence electrons. The fourth-order valence-electron chi connectivity index (χ4n) is 3.34. The van der Waals surface area contributed by atoms with Crippen LogP contribution in [-0.4, -0.2) is 5.78 Å². The molecule has 3 aromatic carbocycles. The van der Waals surface area contributed by atoms with Crippen LogP contribution in [0.2, 0.25) is 5.02 Å². The Morgan fingerprint density at radius 1 is 0.931 bits per heavy atom. The first-order valence-electron chi connectivity index (χ1n) is 10.3. The predicted molar refractivity (Wildman–Crippen MR) is 123 cm³/mol. The Hall–Kier alpha value is -2.58. The highest BCUT2D eigenvalue weighted by Gasteiger charge is 2.17. The first-order valence-corrected chi connectivity index (χ1v) is 10.6. The molecule has 0 aliphatic carbocycles. The molecule has 0 aliphatic rings. The van der Waals surface area contributed by atoms with Gasteiger partial charge in [0.15, 0.2) is 5.78 Å². The lowest BCUT2D eigenvalue weighted by Crippen LogP contribution is -2.16. The molecule has 0 saturated carbocycles. The van der Waals surface area contributed by atoms with Crippen molar-refractivity contribution in [2.24, 2.45) is 0 Å². The maximum absolute atomic E-state index is 12.9. The van der Waals surface area contributed by atoms with Gasteiger partial charge < -0.3 is 5.32 Å². The lowest BCUT2D eigenvalue weighted by Gasteiger charge is -2.20. The fraction of sp³-hybridized carbons (Fsp3) is 0.269. The second kappa shape index (κ2) is 10.3. The Labute approximate surface area is 178 Å². The number of benzene rings is 3. The molecule has 2 nitrogen and oxygen atoms in total. The molecule has 29 heavy (non-hydrogen) atoms. The monoisotopic (exact) mass is 405 g/mol. The van der Waals surface area contributed by atoms with Gasteiger partial charge in [0, 0.05) is 22.7 Å². The van der Waals surface area contributed by atoms with Crippen LogP contribution in [0.3, 0.4) is 0 Å². The van der Waals surface area contributed by atoms with Gasteiger partial charge in [-0.05, 0) is 55.2 Å². The van der Waals surface area contributed by atoms with Crippen molar-refractivity contribution in [3.05, 3.63) is 100 Å². The van der Waals surface area contributed by atoms with Gasteiger partial charge >= 0.3 is 0 Å². The number of carbonyl (C=O) groups excluding carboxylic acids is 1. The summed E-state index contributed by atoms with van der Waals surface area (Å²) < 4.78 is 0. The van der Waals surface area contributed by atoms with Crippen molar-refractivity contribution >= 4 is 23.1 Å². The van der Waals surface area contributed by atoms with Gasteiger partial charge in [0.1, 0.15) is 0 Å². The van der Waals surface area contributed by atoms with Crippen LogP contribution in [0.1, 0.15) is 59.3 Å². The summed E-state index contributed by atoms with van der Waals surface area (Å²) in [7, 11) is 0. The number of Topliss-reactive ketones (excluding diaryl/α,β-unsaturated/α-hetero) is 1. The summed E-state index contributed by atoms with van der Waals surface area (Å²) in [6, 6.07) is 23.9. The Balaban J connectivity index is 1.78. The van der Waals surface area contributed by atoms with Gasteiger partial charge in [0.2, 0.25) is 0 Å². The molecule has 0 heterocycles. The summed E-state index contributed by atoms with van der Waals surface area (Å²) in [6.07, 6.45) is 3.87. The van der Waals surface area contributed by atoms with Crippen LogP contribution >= 0.6 is 11.6 Å². The fourth-order valence-corrected chi connectivity index (χ4v) is 3.47. The zero-order valence-electron chi connectivity index (χ0n) is 17.1. The normalized spacial score (nSPS) is 11.8. The smallest absolute Gasteiger partial charge is 0.165 e. The molecule has 3 heteroatoms. The van der Waals surface area contributed by atoms with Crippen LogP contribution < -0.4 is 5.32 Å². The summed E-state index contributed by atoms with van der Waals surface area (Å²) in [5.74, 6) is 0.122. The number of aryl methyl sites for hydroxylation is 2. The van der Waals surface area contributed by atoms with Gasteiger partial charge in [-0.1, -0.05) is 79.0 Å². The van der Waals surface area contributed by atoms with Gasteiger partial charge in [-0.25, -0.2) is 0 Å². The summed E-state index contributed by atoms with van der Waals surface area (Å²) in [5, 5.41) is 4.24. The number of anilines is 1. The highest BCUT2D eigenvalue weighted by molar-refractivity contribution is 6.30. The van der Waals surface area contributed by atoms with E-state index in [-0.39, 0.29) is 11.8 Å². The molecule has 0 radical (unpaired) electrons. The van der Waals surface area contributed by atoms with E-state index in [9.17, 15) is 4.79 Å². The van der Waals surface area contributed by atoms with E-state index in [1.165, 1.54) is 18.4 Å². The van der Waals surface area contributed by atoms with Crippen molar-refractivity contribution in [2.45, 2.75) is 45.6 Å². The average molecular weight is 406 g/mol. The zero-order chi connectivity index (χ0) is 20.6. The number of hydrogen-bond acceptors (Lipinski definition) is 2. The Kier molecular flexibility index (Phi) is 7.48. The summed E-state index contributed by atoms with van der Waals surface area (Å²) >= 11 is 6.06. The summed E-state index contributed by atoms with van der Waals surface area (Å²) in [6.45, 7) is 4.23. The van der Waals surface area contributed by atoms with E-state index in [1.54, 1.807) is 0 Å². The quantitative estimate of drug-likeness (QED) is 0.375. The molecule has 1 unspecified atom stereocenters. The van der Waals surface area contributed by atoms with Crippen LogP contribution in [0.4, 0.5) is 5.69 Å². The third-order valence-electron chi connectivity index (χ3n) is 5.15. The Bertz CT molecular complexity index is 914. The molecule has 3 aromatic rings. The van der Waals surface area contributed by atoms with Crippen LogP contribution in [0, 0.1) is 6.92 Å². The SMILES string of the molecule is CCCCc1ccc(NC(CC(=O)c2ccc(C)cc2)c2ccc(Cl)cc2)cc1. The summed E-state index contributed by atoms with van der Waals surface area (Å²) in [5.41, 5.74) is 5.30. The molecule has 1 atom stereocenters. The Morgan fingerprint density at radius 2 is 1.59 bits per heavy atom. The maximum atomic E-state index is 12.9. The first kappa shape index (κ1) is 21.1. The molecule has 0 saturated heterocycles. The van der Waals surface area contributed by atoms with E-state index < -0.39 is 0 Å². The lowest BCUT2D eigenvalue weighted by atomic mass is 9.97. The van der Waals surface area contributed by atoms with Crippen LogP contribution in [-0.2, 0) is 6.42 Å².